The third kappa shape index (κ3) is 4.28. The minimum atomic E-state index is -0.0668. The van der Waals surface area contributed by atoms with E-state index in [9.17, 15) is 4.79 Å². The molecule has 20 heavy (non-hydrogen) atoms. The quantitative estimate of drug-likeness (QED) is 0.768. The van der Waals surface area contributed by atoms with Crippen molar-refractivity contribution in [2.75, 3.05) is 33.9 Å². The molecule has 1 aromatic carbocycles. The number of benzene rings is 1. The highest BCUT2D eigenvalue weighted by Gasteiger charge is 2.08. The fourth-order valence-corrected chi connectivity index (χ4v) is 1.82. The Labute approximate surface area is 120 Å². The predicted molar refractivity (Wildman–Crippen MR) is 79.9 cm³/mol. The van der Waals surface area contributed by atoms with Crippen LogP contribution in [0.15, 0.2) is 24.3 Å². The van der Waals surface area contributed by atoms with Crippen molar-refractivity contribution in [3.63, 3.8) is 0 Å². The normalized spacial score (nSPS) is 10.6. The minimum absolute atomic E-state index is 0.0668. The molecule has 0 saturated heterocycles. The molecule has 0 atom stereocenters. The van der Waals surface area contributed by atoms with E-state index < -0.39 is 0 Å². The van der Waals surface area contributed by atoms with Gasteiger partial charge in [-0.3, -0.25) is 4.79 Å². The largest absolute Gasteiger partial charge is 0.497 e. The van der Waals surface area contributed by atoms with E-state index in [1.807, 2.05) is 19.1 Å². The molecule has 1 rings (SSSR count). The van der Waals surface area contributed by atoms with E-state index >= 15 is 0 Å². The third-order valence-corrected chi connectivity index (χ3v) is 2.93. The van der Waals surface area contributed by atoms with Crippen LogP contribution in [0, 0.1) is 0 Å². The summed E-state index contributed by atoms with van der Waals surface area (Å²) in [6.45, 7) is 3.56. The lowest BCUT2D eigenvalue weighted by molar-refractivity contribution is -0.125. The van der Waals surface area contributed by atoms with Gasteiger partial charge in [0, 0.05) is 31.3 Å². The summed E-state index contributed by atoms with van der Waals surface area (Å²) in [5, 5.41) is 0. The number of carbonyl (C=O) groups is 1. The van der Waals surface area contributed by atoms with Gasteiger partial charge in [0.25, 0.3) is 0 Å². The van der Waals surface area contributed by atoms with E-state index in [1.165, 1.54) is 6.08 Å². The highest BCUT2D eigenvalue weighted by molar-refractivity contribution is 5.92. The Balaban J connectivity index is 2.90. The molecule has 1 aromatic rings. The average Bonchev–Trinajstić information content (AvgIpc) is 2.49. The van der Waals surface area contributed by atoms with Crippen LogP contribution in [0.2, 0.25) is 0 Å². The average molecular weight is 278 g/mol. The predicted octanol–water partition coefficient (Wildman–Crippen LogP) is 1.52. The van der Waals surface area contributed by atoms with Crippen molar-refractivity contribution in [3.8, 4) is 11.5 Å². The van der Waals surface area contributed by atoms with E-state index in [0.29, 0.717) is 31.1 Å². The van der Waals surface area contributed by atoms with Gasteiger partial charge < -0.3 is 20.1 Å². The van der Waals surface area contributed by atoms with Gasteiger partial charge in [0.2, 0.25) is 5.91 Å². The summed E-state index contributed by atoms with van der Waals surface area (Å²) in [5.41, 5.74) is 6.27. The summed E-state index contributed by atoms with van der Waals surface area (Å²) in [5.74, 6) is 1.34. The maximum absolute atomic E-state index is 12.0. The van der Waals surface area contributed by atoms with Gasteiger partial charge in [-0.15, -0.1) is 0 Å². The van der Waals surface area contributed by atoms with Crippen LogP contribution in [-0.4, -0.2) is 44.7 Å². The van der Waals surface area contributed by atoms with Crippen molar-refractivity contribution in [2.45, 2.75) is 6.92 Å². The molecule has 0 aliphatic heterocycles. The number of nitrogens with two attached hydrogens (primary N) is 1. The van der Waals surface area contributed by atoms with Gasteiger partial charge in [-0.2, -0.15) is 0 Å². The van der Waals surface area contributed by atoms with Crippen LogP contribution in [0.1, 0.15) is 12.5 Å². The van der Waals surface area contributed by atoms with Crippen molar-refractivity contribution >= 4 is 12.0 Å². The van der Waals surface area contributed by atoms with Crippen LogP contribution in [0.3, 0.4) is 0 Å². The molecule has 2 N–H and O–H groups in total. The summed E-state index contributed by atoms with van der Waals surface area (Å²) in [6, 6.07) is 5.44. The van der Waals surface area contributed by atoms with E-state index in [2.05, 4.69) is 0 Å². The monoisotopic (exact) mass is 278 g/mol. The number of ether oxygens (including phenoxy) is 2. The Hall–Kier alpha value is -2.01. The number of hydrogen-bond acceptors (Lipinski definition) is 4. The zero-order valence-electron chi connectivity index (χ0n) is 12.3. The lowest BCUT2D eigenvalue weighted by atomic mass is 10.1. The first-order chi connectivity index (χ1) is 9.65. The fourth-order valence-electron chi connectivity index (χ4n) is 1.82. The van der Waals surface area contributed by atoms with Crippen LogP contribution < -0.4 is 15.2 Å². The molecule has 5 nitrogen and oxygen atoms in total. The molecule has 0 unspecified atom stereocenters. The second kappa shape index (κ2) is 8.22. The molecule has 0 spiro atoms. The molecule has 0 aromatic heterocycles. The Kier molecular flexibility index (Phi) is 6.59. The first-order valence-electron chi connectivity index (χ1n) is 6.55. The number of rotatable bonds is 7. The van der Waals surface area contributed by atoms with Gasteiger partial charge in [-0.25, -0.2) is 0 Å². The molecule has 5 heteroatoms. The summed E-state index contributed by atoms with van der Waals surface area (Å²) >= 11 is 0. The lowest BCUT2D eigenvalue weighted by Crippen LogP contribution is -2.33. The first kappa shape index (κ1) is 16.0. The van der Waals surface area contributed by atoms with Crippen molar-refractivity contribution in [1.82, 2.24) is 4.90 Å². The zero-order chi connectivity index (χ0) is 15.0. The Morgan fingerprint density at radius 3 is 2.65 bits per heavy atom. The van der Waals surface area contributed by atoms with Gasteiger partial charge in [-0.05, 0) is 31.2 Å². The third-order valence-electron chi connectivity index (χ3n) is 2.93. The van der Waals surface area contributed by atoms with Crippen LogP contribution in [0.4, 0.5) is 0 Å². The second-order valence-corrected chi connectivity index (χ2v) is 4.15. The molecule has 0 fully saturated rings. The van der Waals surface area contributed by atoms with Crippen LogP contribution >= 0.6 is 0 Å². The van der Waals surface area contributed by atoms with Crippen LogP contribution in [0.5, 0.6) is 11.5 Å². The standard InChI is InChI=1S/C15H22N2O3/c1-4-17(10-9-16)15(18)8-5-12-11-13(19-2)6-7-14(12)20-3/h5-8,11H,4,9-10,16H2,1-3H3/b8-5+. The molecule has 1 amide bonds. The topological polar surface area (TPSA) is 64.8 Å². The number of nitrogens with zero attached hydrogens (tertiary/aromatic N) is 1. The summed E-state index contributed by atoms with van der Waals surface area (Å²) < 4.78 is 10.4. The summed E-state index contributed by atoms with van der Waals surface area (Å²) in [4.78, 5) is 13.7. The van der Waals surface area contributed by atoms with Crippen LogP contribution in [-0.2, 0) is 4.79 Å². The van der Waals surface area contributed by atoms with E-state index in [4.69, 9.17) is 15.2 Å². The van der Waals surface area contributed by atoms with Gasteiger partial charge in [0.15, 0.2) is 0 Å². The van der Waals surface area contributed by atoms with Gasteiger partial charge in [0.1, 0.15) is 11.5 Å². The van der Waals surface area contributed by atoms with Crippen LogP contribution in [0.25, 0.3) is 6.08 Å². The summed E-state index contributed by atoms with van der Waals surface area (Å²) in [6.07, 6.45) is 3.25. The molecule has 0 bridgehead atoms. The van der Waals surface area contributed by atoms with E-state index in [1.54, 1.807) is 31.3 Å². The minimum Gasteiger partial charge on any atom is -0.497 e. The van der Waals surface area contributed by atoms with Crippen molar-refractivity contribution in [3.05, 3.63) is 29.8 Å². The molecular formula is C15H22N2O3. The Morgan fingerprint density at radius 2 is 2.10 bits per heavy atom. The molecule has 0 radical (unpaired) electrons. The van der Waals surface area contributed by atoms with E-state index in [0.717, 1.165) is 5.56 Å². The van der Waals surface area contributed by atoms with Gasteiger partial charge in [0.05, 0.1) is 14.2 Å². The lowest BCUT2D eigenvalue weighted by Gasteiger charge is -2.17. The molecule has 0 aliphatic carbocycles. The second-order valence-electron chi connectivity index (χ2n) is 4.15. The molecule has 0 saturated carbocycles. The SMILES string of the molecule is CCN(CCN)C(=O)/C=C/c1cc(OC)ccc1OC. The maximum atomic E-state index is 12.0. The van der Waals surface area contributed by atoms with Gasteiger partial charge >= 0.3 is 0 Å². The number of hydrogen-bond donors (Lipinski definition) is 1. The van der Waals surface area contributed by atoms with Crippen molar-refractivity contribution < 1.29 is 14.3 Å². The number of likely N-dealkylation sites (N-methyl/N-ethyl adjacent to an activating group) is 1. The van der Waals surface area contributed by atoms with Crippen molar-refractivity contribution in [1.29, 1.82) is 0 Å². The molecule has 110 valence electrons. The number of carbonyl (C=O) groups excluding carboxylic acids is 1. The molecular weight excluding hydrogens is 256 g/mol. The number of amides is 1. The van der Waals surface area contributed by atoms with E-state index in [-0.39, 0.29) is 5.91 Å². The smallest absolute Gasteiger partial charge is 0.246 e. The fraction of sp³-hybridized carbons (Fsp3) is 0.400. The molecule has 0 heterocycles. The molecule has 0 aliphatic rings. The maximum Gasteiger partial charge on any atom is 0.246 e. The van der Waals surface area contributed by atoms with Gasteiger partial charge in [-0.1, -0.05) is 0 Å². The number of methoxy groups -OCH3 is 2. The zero-order valence-corrected chi connectivity index (χ0v) is 12.3. The Bertz CT molecular complexity index is 472. The first-order valence-corrected chi connectivity index (χ1v) is 6.55. The highest BCUT2D eigenvalue weighted by atomic mass is 16.5. The summed E-state index contributed by atoms with van der Waals surface area (Å²) in [7, 11) is 3.19. The van der Waals surface area contributed by atoms with Crippen molar-refractivity contribution in [2.24, 2.45) is 5.73 Å². The Morgan fingerprint density at radius 1 is 1.35 bits per heavy atom. The highest BCUT2D eigenvalue weighted by Crippen LogP contribution is 2.25.